The van der Waals surface area contributed by atoms with E-state index in [1.165, 1.54) is 55.5 Å². The summed E-state index contributed by atoms with van der Waals surface area (Å²) in [6.07, 6.45) is 5.74. The number of hydrogen-bond donors (Lipinski definition) is 1. The van der Waals surface area contributed by atoms with E-state index in [-0.39, 0.29) is 0 Å². The highest BCUT2D eigenvalue weighted by Crippen LogP contribution is 2.36. The van der Waals surface area contributed by atoms with Crippen LogP contribution in [0.4, 0.5) is 0 Å². The molecule has 2 aliphatic carbocycles. The molecule has 0 radical (unpaired) electrons. The van der Waals surface area contributed by atoms with E-state index in [1.807, 2.05) is 0 Å². The molecule has 0 spiro atoms. The van der Waals surface area contributed by atoms with Gasteiger partial charge in [0.15, 0.2) is 0 Å². The molecule has 2 heteroatoms. The highest BCUT2D eigenvalue weighted by molar-refractivity contribution is 5.33. The van der Waals surface area contributed by atoms with E-state index >= 15 is 0 Å². The lowest BCUT2D eigenvalue weighted by molar-refractivity contribution is 0.224. The van der Waals surface area contributed by atoms with Gasteiger partial charge in [-0.25, -0.2) is 0 Å². The molecule has 1 aromatic carbocycles. The molecule has 1 aromatic rings. The van der Waals surface area contributed by atoms with Crippen molar-refractivity contribution < 1.29 is 0 Å². The van der Waals surface area contributed by atoms with Gasteiger partial charge >= 0.3 is 0 Å². The van der Waals surface area contributed by atoms with E-state index in [2.05, 4.69) is 49.2 Å². The number of rotatable bonds is 8. The van der Waals surface area contributed by atoms with Crippen molar-refractivity contribution >= 4 is 0 Å². The monoisotopic (exact) mass is 286 g/mol. The van der Waals surface area contributed by atoms with E-state index in [1.54, 1.807) is 0 Å². The minimum absolute atomic E-state index is 0.481. The van der Waals surface area contributed by atoms with Crippen molar-refractivity contribution in [2.75, 3.05) is 19.6 Å². The molecule has 1 atom stereocenters. The van der Waals surface area contributed by atoms with Crippen LogP contribution in [-0.4, -0.2) is 30.6 Å². The maximum absolute atomic E-state index is 3.72. The average Bonchev–Trinajstić information content (AvgIpc) is 3.31. The summed E-state index contributed by atoms with van der Waals surface area (Å²) in [6.45, 7) is 10.2. The predicted molar refractivity (Wildman–Crippen MR) is 89.7 cm³/mol. The molecule has 2 aliphatic rings. The summed E-state index contributed by atoms with van der Waals surface area (Å²) >= 11 is 0. The lowest BCUT2D eigenvalue weighted by atomic mass is 9.98. The van der Waals surface area contributed by atoms with Crippen molar-refractivity contribution in [3.8, 4) is 0 Å². The Labute approximate surface area is 129 Å². The van der Waals surface area contributed by atoms with Gasteiger partial charge in [-0.05, 0) is 63.1 Å². The Hall–Kier alpha value is -0.860. The molecule has 21 heavy (non-hydrogen) atoms. The lowest BCUT2D eigenvalue weighted by Crippen LogP contribution is -2.38. The Morgan fingerprint density at radius 2 is 1.95 bits per heavy atom. The van der Waals surface area contributed by atoms with Gasteiger partial charge in [-0.15, -0.1) is 0 Å². The van der Waals surface area contributed by atoms with Gasteiger partial charge in [0.25, 0.3) is 0 Å². The van der Waals surface area contributed by atoms with Crippen molar-refractivity contribution in [1.29, 1.82) is 0 Å². The zero-order chi connectivity index (χ0) is 14.8. The molecule has 3 rings (SSSR count). The fourth-order valence-electron chi connectivity index (χ4n) is 3.41. The van der Waals surface area contributed by atoms with Crippen molar-refractivity contribution in [2.24, 2.45) is 5.92 Å². The van der Waals surface area contributed by atoms with Gasteiger partial charge < -0.3 is 5.32 Å². The molecular formula is C19H30N2. The molecule has 116 valence electrons. The number of benzene rings is 1. The minimum atomic E-state index is 0.481. The van der Waals surface area contributed by atoms with Crippen LogP contribution in [0.2, 0.25) is 0 Å². The van der Waals surface area contributed by atoms with Gasteiger partial charge in [0.1, 0.15) is 0 Å². The molecule has 1 unspecified atom stereocenters. The molecule has 0 saturated heterocycles. The number of nitrogens with one attached hydrogen (secondary N) is 1. The van der Waals surface area contributed by atoms with Crippen LogP contribution in [0.15, 0.2) is 18.2 Å². The number of aryl methyl sites for hydroxylation is 2. The second-order valence-corrected chi connectivity index (χ2v) is 7.10. The molecule has 1 N–H and O–H groups in total. The lowest BCUT2D eigenvalue weighted by Gasteiger charge is -2.29. The molecule has 0 aliphatic heterocycles. The summed E-state index contributed by atoms with van der Waals surface area (Å²) in [5.41, 5.74) is 4.29. The number of hydrogen-bond acceptors (Lipinski definition) is 2. The van der Waals surface area contributed by atoms with Crippen LogP contribution >= 0.6 is 0 Å². The molecule has 0 amide bonds. The van der Waals surface area contributed by atoms with Crippen LogP contribution in [-0.2, 0) is 0 Å². The van der Waals surface area contributed by atoms with Crippen molar-refractivity contribution in [1.82, 2.24) is 10.2 Å². The largest absolute Gasteiger partial charge is 0.309 e. The second-order valence-electron chi connectivity index (χ2n) is 7.10. The third-order valence-corrected chi connectivity index (χ3v) is 4.92. The molecule has 2 saturated carbocycles. The summed E-state index contributed by atoms with van der Waals surface area (Å²) in [5, 5.41) is 3.72. The van der Waals surface area contributed by atoms with Crippen molar-refractivity contribution in [3.05, 3.63) is 34.9 Å². The van der Waals surface area contributed by atoms with E-state index in [0.717, 1.165) is 18.5 Å². The van der Waals surface area contributed by atoms with Crippen LogP contribution in [0.25, 0.3) is 0 Å². The SMILES string of the molecule is CCNC(CN(CC1CC1)C1CC1)c1ccc(C)cc1C. The van der Waals surface area contributed by atoms with Gasteiger partial charge in [0, 0.05) is 25.2 Å². The molecule has 2 nitrogen and oxygen atoms in total. The van der Waals surface area contributed by atoms with Crippen LogP contribution in [0.1, 0.15) is 55.3 Å². The first-order valence-corrected chi connectivity index (χ1v) is 8.72. The first kappa shape index (κ1) is 15.1. The first-order chi connectivity index (χ1) is 10.2. The maximum atomic E-state index is 3.72. The zero-order valence-electron chi connectivity index (χ0n) is 13.9. The standard InChI is InChI=1S/C19H30N2/c1-4-20-19(18-10-5-14(2)11-15(18)3)13-21(17-8-9-17)12-16-6-7-16/h5,10-11,16-17,19-20H,4,6-9,12-13H2,1-3H3. The van der Waals surface area contributed by atoms with E-state index < -0.39 is 0 Å². The summed E-state index contributed by atoms with van der Waals surface area (Å²) < 4.78 is 0. The highest BCUT2D eigenvalue weighted by Gasteiger charge is 2.34. The Morgan fingerprint density at radius 1 is 1.19 bits per heavy atom. The molecule has 0 bridgehead atoms. The smallest absolute Gasteiger partial charge is 0.0451 e. The van der Waals surface area contributed by atoms with Gasteiger partial charge in [-0.1, -0.05) is 30.7 Å². The topological polar surface area (TPSA) is 15.3 Å². The van der Waals surface area contributed by atoms with Gasteiger partial charge in [-0.2, -0.15) is 0 Å². The minimum Gasteiger partial charge on any atom is -0.309 e. The summed E-state index contributed by atoms with van der Waals surface area (Å²) in [5.74, 6) is 0.993. The van der Waals surface area contributed by atoms with Crippen LogP contribution in [0.3, 0.4) is 0 Å². The van der Waals surface area contributed by atoms with Crippen LogP contribution in [0, 0.1) is 19.8 Å². The molecule has 0 aromatic heterocycles. The van der Waals surface area contributed by atoms with Crippen LogP contribution in [0.5, 0.6) is 0 Å². The van der Waals surface area contributed by atoms with E-state index in [4.69, 9.17) is 0 Å². The summed E-state index contributed by atoms with van der Waals surface area (Å²) in [4.78, 5) is 2.77. The average molecular weight is 286 g/mol. The van der Waals surface area contributed by atoms with Gasteiger partial charge in [-0.3, -0.25) is 4.90 Å². The molecule has 0 heterocycles. The zero-order valence-corrected chi connectivity index (χ0v) is 13.9. The molecular weight excluding hydrogens is 256 g/mol. The highest BCUT2D eigenvalue weighted by atomic mass is 15.2. The third kappa shape index (κ3) is 4.08. The maximum Gasteiger partial charge on any atom is 0.0451 e. The third-order valence-electron chi connectivity index (χ3n) is 4.92. The summed E-state index contributed by atoms with van der Waals surface area (Å²) in [7, 11) is 0. The quantitative estimate of drug-likeness (QED) is 0.781. The fourth-order valence-corrected chi connectivity index (χ4v) is 3.41. The Balaban J connectivity index is 1.72. The number of likely N-dealkylation sites (N-methyl/N-ethyl adjacent to an activating group) is 1. The fraction of sp³-hybridized carbons (Fsp3) is 0.684. The first-order valence-electron chi connectivity index (χ1n) is 8.72. The normalized spacial score (nSPS) is 20.0. The van der Waals surface area contributed by atoms with Crippen molar-refractivity contribution in [3.63, 3.8) is 0 Å². The second kappa shape index (κ2) is 6.50. The predicted octanol–water partition coefficient (Wildman–Crippen LogP) is 3.83. The van der Waals surface area contributed by atoms with Crippen LogP contribution < -0.4 is 5.32 Å². The van der Waals surface area contributed by atoms with E-state index in [0.29, 0.717) is 6.04 Å². The Bertz CT molecular complexity index is 474. The number of nitrogens with zero attached hydrogens (tertiary/aromatic N) is 1. The van der Waals surface area contributed by atoms with Gasteiger partial charge in [0.2, 0.25) is 0 Å². The Morgan fingerprint density at radius 3 is 2.52 bits per heavy atom. The van der Waals surface area contributed by atoms with Gasteiger partial charge in [0.05, 0.1) is 0 Å². The van der Waals surface area contributed by atoms with E-state index in [9.17, 15) is 0 Å². The van der Waals surface area contributed by atoms with Crippen molar-refractivity contribution in [2.45, 2.75) is 58.5 Å². The summed E-state index contributed by atoms with van der Waals surface area (Å²) in [6, 6.07) is 8.27. The molecule has 2 fully saturated rings. The Kier molecular flexibility index (Phi) is 4.66.